The molecule has 1 saturated carbocycles. The highest BCUT2D eigenvalue weighted by atomic mass is 35.5. The summed E-state index contributed by atoms with van der Waals surface area (Å²) in [7, 11) is 0. The van der Waals surface area contributed by atoms with E-state index in [1.165, 1.54) is 6.20 Å². The fourth-order valence-electron chi connectivity index (χ4n) is 8.59. The number of amides is 1. The summed E-state index contributed by atoms with van der Waals surface area (Å²) in [6.45, 7) is 1.61. The second-order valence-corrected chi connectivity index (χ2v) is 14.4. The number of pyridine rings is 1. The molecule has 0 unspecified atom stereocenters. The quantitative estimate of drug-likeness (QED) is 0.290. The number of halogens is 4. The van der Waals surface area contributed by atoms with Gasteiger partial charge in [0.2, 0.25) is 0 Å². The lowest BCUT2D eigenvalue weighted by Crippen LogP contribution is -2.52. The van der Waals surface area contributed by atoms with Crippen molar-refractivity contribution in [1.82, 2.24) is 35.4 Å². The Bertz CT molecular complexity index is 1950. The van der Waals surface area contributed by atoms with E-state index in [9.17, 15) is 9.18 Å². The van der Waals surface area contributed by atoms with Gasteiger partial charge in [-0.1, -0.05) is 11.6 Å². The number of alkyl halides is 2. The number of fused-ring (bicyclic) bond motifs is 7. The van der Waals surface area contributed by atoms with Gasteiger partial charge >= 0.3 is 12.1 Å². The van der Waals surface area contributed by atoms with Crippen LogP contribution in [0.15, 0.2) is 18.5 Å². The van der Waals surface area contributed by atoms with Crippen LogP contribution in [0.4, 0.5) is 23.8 Å². The van der Waals surface area contributed by atoms with Crippen molar-refractivity contribution in [1.29, 1.82) is 0 Å². The second kappa shape index (κ2) is 11.3. The zero-order valence-electron chi connectivity index (χ0n) is 26.0. The molecule has 48 heavy (non-hydrogen) atoms. The number of hydrogen-bond acceptors (Lipinski definition) is 9. The second-order valence-electron chi connectivity index (χ2n) is 14.0. The first kappa shape index (κ1) is 30.2. The van der Waals surface area contributed by atoms with Crippen molar-refractivity contribution in [3.8, 4) is 17.3 Å². The van der Waals surface area contributed by atoms with E-state index in [-0.39, 0.29) is 73.0 Å². The van der Waals surface area contributed by atoms with Crippen LogP contribution in [0.3, 0.4) is 0 Å². The lowest BCUT2D eigenvalue weighted by atomic mass is 9.94. The highest BCUT2D eigenvalue weighted by Crippen LogP contribution is 2.56. The summed E-state index contributed by atoms with van der Waals surface area (Å²) in [6, 6.07) is 1.11. The summed E-state index contributed by atoms with van der Waals surface area (Å²) < 4.78 is 58.7. The van der Waals surface area contributed by atoms with Gasteiger partial charge < -0.3 is 19.7 Å². The first-order valence-corrected chi connectivity index (χ1v) is 17.0. The number of nitrogens with one attached hydrogen (secondary N) is 2. The van der Waals surface area contributed by atoms with Crippen molar-refractivity contribution >= 4 is 45.3 Å². The van der Waals surface area contributed by atoms with Crippen LogP contribution in [0.5, 0.6) is 6.01 Å². The molecule has 8 heterocycles. The number of nitrogens with zero attached hydrogens (tertiary/aromatic N) is 6. The van der Waals surface area contributed by atoms with Crippen LogP contribution in [-0.4, -0.2) is 99.5 Å². The van der Waals surface area contributed by atoms with Gasteiger partial charge in [-0.3, -0.25) is 15.0 Å². The molecule has 252 valence electrons. The highest BCUT2D eigenvalue weighted by molar-refractivity contribution is 6.33. The standard InChI is InChI=1S/C33H34ClF3N8O3/c34-23-8-24-21(11-39-43-24)26-25(23)20-6-16(20)2-5-47-32(46)40-19-7-17(35)12-44(14-19)30-22-10-38-29(26)27(37)28(22)41-31(42-30)48-15-33-3-1-4-45(33)13-18(36)9-33/h8,10-11,16-20H,1-7,9,12-15H2,(H,39,43)(H,40,46)/t16-,17-,18-,19-,20+,33+/m1/s1. The SMILES string of the molecule is O=C1N[C@@H]2C[C@@H](F)CN(C2)c2nc(OC[C@@]34CCCN3C[C@H](F)C4)nc3c(F)c(ncc23)-c2c(c(Cl)cc3[nH]ncc23)[C@H]2C[C@H]2CCO1. The van der Waals surface area contributed by atoms with E-state index in [1.807, 2.05) is 0 Å². The van der Waals surface area contributed by atoms with Crippen molar-refractivity contribution in [3.63, 3.8) is 0 Å². The van der Waals surface area contributed by atoms with E-state index in [4.69, 9.17) is 21.1 Å². The van der Waals surface area contributed by atoms with Gasteiger partial charge in [-0.25, -0.2) is 18.0 Å². The molecule has 15 heteroatoms. The van der Waals surface area contributed by atoms with E-state index in [1.54, 1.807) is 17.2 Å². The summed E-state index contributed by atoms with van der Waals surface area (Å²) in [6.07, 6.45) is 3.76. The summed E-state index contributed by atoms with van der Waals surface area (Å²) in [5, 5.41) is 11.3. The Morgan fingerprint density at radius 3 is 2.92 bits per heavy atom. The fourth-order valence-corrected chi connectivity index (χ4v) is 8.93. The number of anilines is 1. The van der Waals surface area contributed by atoms with E-state index < -0.39 is 35.8 Å². The van der Waals surface area contributed by atoms with Crippen LogP contribution >= 0.6 is 11.6 Å². The average Bonchev–Trinajstić information content (AvgIpc) is 3.31. The molecule has 3 saturated heterocycles. The molecule has 3 aromatic heterocycles. The third kappa shape index (κ3) is 5.01. The third-order valence-electron chi connectivity index (χ3n) is 10.9. The predicted octanol–water partition coefficient (Wildman–Crippen LogP) is 5.47. The van der Waals surface area contributed by atoms with Crippen LogP contribution < -0.4 is 15.0 Å². The highest BCUT2D eigenvalue weighted by Gasteiger charge is 2.49. The first-order chi connectivity index (χ1) is 23.3. The third-order valence-corrected chi connectivity index (χ3v) is 11.2. The van der Waals surface area contributed by atoms with E-state index >= 15 is 8.78 Å². The lowest BCUT2D eigenvalue weighted by molar-refractivity contribution is 0.107. The molecule has 2 N–H and O–H groups in total. The van der Waals surface area contributed by atoms with E-state index in [0.29, 0.717) is 40.9 Å². The fraction of sp³-hybridized carbons (Fsp3) is 0.545. The number of alkyl carbamates (subject to hydrolysis) is 1. The summed E-state index contributed by atoms with van der Waals surface area (Å²) in [5.74, 6) is -0.318. The minimum absolute atomic E-state index is 0.0112. The number of ether oxygens (including phenoxy) is 2. The Balaban J connectivity index is 1.22. The Morgan fingerprint density at radius 2 is 2.02 bits per heavy atom. The number of H-pyrrole nitrogens is 1. The summed E-state index contributed by atoms with van der Waals surface area (Å²) in [5.41, 5.74) is 1.43. The zero-order chi connectivity index (χ0) is 32.7. The molecule has 6 bridgehead atoms. The van der Waals surface area contributed by atoms with Gasteiger partial charge in [-0.2, -0.15) is 15.1 Å². The molecule has 10 rings (SSSR count). The number of rotatable bonds is 3. The van der Waals surface area contributed by atoms with Gasteiger partial charge in [0, 0.05) is 48.1 Å². The number of piperidine rings is 1. The molecule has 1 amide bonds. The maximum absolute atomic E-state index is 17.1. The van der Waals surface area contributed by atoms with Crippen LogP contribution in [0.25, 0.3) is 33.1 Å². The minimum Gasteiger partial charge on any atom is -0.461 e. The molecule has 11 nitrogen and oxygen atoms in total. The van der Waals surface area contributed by atoms with Gasteiger partial charge in [0.05, 0.1) is 41.8 Å². The summed E-state index contributed by atoms with van der Waals surface area (Å²) >= 11 is 6.89. The number of aromatic amines is 1. The van der Waals surface area contributed by atoms with Crippen LogP contribution in [-0.2, 0) is 4.74 Å². The van der Waals surface area contributed by atoms with Crippen LogP contribution in [0, 0.1) is 11.7 Å². The number of hydrogen-bond donors (Lipinski definition) is 2. The van der Waals surface area contributed by atoms with E-state index in [2.05, 4.69) is 35.4 Å². The Kier molecular flexibility index (Phi) is 7.12. The van der Waals surface area contributed by atoms with Gasteiger partial charge in [-0.05, 0) is 55.7 Å². The van der Waals surface area contributed by atoms with Gasteiger partial charge in [0.25, 0.3) is 0 Å². The van der Waals surface area contributed by atoms with Crippen LogP contribution in [0.1, 0.15) is 50.0 Å². The normalized spacial score (nSPS) is 30.2. The Hall–Kier alpha value is -3.91. The molecule has 5 aliphatic heterocycles. The predicted molar refractivity (Wildman–Crippen MR) is 171 cm³/mol. The van der Waals surface area contributed by atoms with Gasteiger partial charge in [0.15, 0.2) is 5.82 Å². The van der Waals surface area contributed by atoms with Gasteiger partial charge in [-0.15, -0.1) is 0 Å². The minimum atomic E-state index is -1.31. The molecule has 0 radical (unpaired) electrons. The zero-order valence-corrected chi connectivity index (χ0v) is 26.8. The molecule has 6 atom stereocenters. The maximum Gasteiger partial charge on any atom is 0.407 e. The van der Waals surface area contributed by atoms with Crippen molar-refractivity contribution in [2.45, 2.75) is 68.4 Å². The maximum atomic E-state index is 17.1. The molecule has 1 aliphatic carbocycles. The van der Waals surface area contributed by atoms with Crippen molar-refractivity contribution < 1.29 is 27.4 Å². The Morgan fingerprint density at radius 1 is 1.12 bits per heavy atom. The number of carbonyl (C=O) groups excluding carboxylic acids is 1. The molecule has 1 aromatic carbocycles. The smallest absolute Gasteiger partial charge is 0.407 e. The molecule has 4 fully saturated rings. The first-order valence-electron chi connectivity index (χ1n) is 16.6. The molecular formula is C33H34ClF3N8O3. The topological polar surface area (TPSA) is 121 Å². The number of aromatic nitrogens is 5. The molecular weight excluding hydrogens is 649 g/mol. The average molecular weight is 683 g/mol. The van der Waals surface area contributed by atoms with Gasteiger partial charge in [0.1, 0.15) is 36.0 Å². The largest absolute Gasteiger partial charge is 0.461 e. The number of benzene rings is 1. The monoisotopic (exact) mass is 682 g/mol. The van der Waals surface area contributed by atoms with Crippen molar-refractivity contribution in [2.24, 2.45) is 5.92 Å². The number of carbonyl (C=O) groups is 1. The molecule has 6 aliphatic rings. The van der Waals surface area contributed by atoms with Crippen molar-refractivity contribution in [2.75, 3.05) is 44.3 Å². The van der Waals surface area contributed by atoms with Crippen LogP contribution in [0.2, 0.25) is 5.02 Å². The molecule has 4 aromatic rings. The Labute approximate surface area is 278 Å². The van der Waals surface area contributed by atoms with Crippen molar-refractivity contribution in [3.05, 3.63) is 34.9 Å². The molecule has 0 spiro atoms. The summed E-state index contributed by atoms with van der Waals surface area (Å²) in [4.78, 5) is 30.5. The lowest BCUT2D eigenvalue weighted by Gasteiger charge is -2.36. The van der Waals surface area contributed by atoms with E-state index in [0.717, 1.165) is 31.4 Å².